The molecular formula is C17H22NO3+. The first-order valence-corrected chi connectivity index (χ1v) is 7.19. The minimum Gasteiger partial charge on any atom is -0.497 e. The van der Waals surface area contributed by atoms with E-state index in [0.29, 0.717) is 6.54 Å². The number of rotatable bonds is 7. The minimum absolute atomic E-state index is 0.0654. The molecule has 0 radical (unpaired) electrons. The topological polar surface area (TPSA) is 50.9 Å². The van der Waals surface area contributed by atoms with Crippen LogP contribution < -0.4 is 4.74 Å². The van der Waals surface area contributed by atoms with Gasteiger partial charge < -0.3 is 9.84 Å². The van der Waals surface area contributed by atoms with Gasteiger partial charge in [-0.2, -0.15) is 0 Å². The predicted molar refractivity (Wildman–Crippen MR) is 84.9 cm³/mol. The number of carbonyl (C=O) groups is 1. The third kappa shape index (κ3) is 6.62. The summed E-state index contributed by atoms with van der Waals surface area (Å²) in [6.45, 7) is 2.77. The lowest BCUT2D eigenvalue weighted by atomic mass is 10.1. The number of benzene rings is 1. The van der Waals surface area contributed by atoms with Crippen molar-refractivity contribution in [3.63, 3.8) is 0 Å². The summed E-state index contributed by atoms with van der Waals surface area (Å²) in [4.78, 5) is 15.2. The molecule has 4 nitrogen and oxygen atoms in total. The van der Waals surface area contributed by atoms with Crippen LogP contribution in [0.2, 0.25) is 0 Å². The van der Waals surface area contributed by atoms with Gasteiger partial charge in [-0.3, -0.25) is 0 Å². The first-order chi connectivity index (χ1) is 10.2. The molecule has 1 N–H and O–H groups in total. The third-order valence-corrected chi connectivity index (χ3v) is 2.98. The normalized spacial score (nSPS) is 10.7. The van der Waals surface area contributed by atoms with Gasteiger partial charge >= 0.3 is 12.0 Å². The monoisotopic (exact) mass is 288 g/mol. The molecule has 0 fully saturated rings. The molecule has 0 aliphatic heterocycles. The van der Waals surface area contributed by atoms with Gasteiger partial charge in [0, 0.05) is 6.42 Å². The Bertz CT molecular complexity index is 535. The molecule has 0 saturated carbocycles. The molecule has 1 rings (SSSR count). The molecule has 0 heterocycles. The number of carboxylic acids is 1. The van der Waals surface area contributed by atoms with Gasteiger partial charge in [0.1, 0.15) is 5.75 Å². The second kappa shape index (κ2) is 9.60. The molecule has 0 bridgehead atoms. The summed E-state index contributed by atoms with van der Waals surface area (Å²) in [6.07, 6.45) is 5.99. The standard InChI is InChI=1S/C17H21NO3/c1-3-4-5-6-11-18-13-15(17(19)20)12-14-7-9-16(21-2)10-8-14/h7-10,12H,3-6,11H2,1-2H3/p+1. The SMILES string of the molecule is CCCCCC[N+]#CC(=Cc1ccc(OC)cc1)C(=O)O. The van der Waals surface area contributed by atoms with Crippen molar-refractivity contribution in [3.05, 3.63) is 40.2 Å². The van der Waals surface area contributed by atoms with Crippen LogP contribution in [0.1, 0.15) is 38.2 Å². The van der Waals surface area contributed by atoms with E-state index in [1.54, 1.807) is 37.5 Å². The fourth-order valence-corrected chi connectivity index (χ4v) is 1.77. The fraction of sp³-hybridized carbons (Fsp3) is 0.412. The summed E-state index contributed by atoms with van der Waals surface area (Å²) in [5.41, 5.74) is 0.845. The second-order valence-corrected chi connectivity index (χ2v) is 4.69. The molecule has 21 heavy (non-hydrogen) atoms. The summed E-state index contributed by atoms with van der Waals surface area (Å²) in [5, 5.41) is 9.16. The summed E-state index contributed by atoms with van der Waals surface area (Å²) in [6, 6.07) is 9.79. The zero-order valence-corrected chi connectivity index (χ0v) is 12.6. The molecule has 0 unspecified atom stereocenters. The van der Waals surface area contributed by atoms with Gasteiger partial charge in [-0.05, 0) is 30.2 Å². The van der Waals surface area contributed by atoms with Crippen molar-refractivity contribution in [2.75, 3.05) is 13.7 Å². The lowest BCUT2D eigenvalue weighted by molar-refractivity contribution is -0.132. The molecule has 0 amide bonds. The van der Waals surface area contributed by atoms with Crippen LogP contribution in [-0.4, -0.2) is 24.7 Å². The first kappa shape index (κ1) is 16.8. The Morgan fingerprint density at radius 3 is 2.57 bits per heavy atom. The van der Waals surface area contributed by atoms with Crippen LogP contribution in [0, 0.1) is 6.07 Å². The molecule has 0 atom stereocenters. The van der Waals surface area contributed by atoms with Crippen LogP contribution in [0.25, 0.3) is 10.9 Å². The highest BCUT2D eigenvalue weighted by Gasteiger charge is 2.10. The average Bonchev–Trinajstić information content (AvgIpc) is 2.50. The number of hydrogen-bond donors (Lipinski definition) is 1. The smallest absolute Gasteiger partial charge is 0.350 e. The van der Waals surface area contributed by atoms with Crippen LogP contribution in [0.15, 0.2) is 29.8 Å². The van der Waals surface area contributed by atoms with Crippen molar-refractivity contribution in [3.8, 4) is 11.8 Å². The van der Waals surface area contributed by atoms with Gasteiger partial charge in [0.2, 0.25) is 0 Å². The van der Waals surface area contributed by atoms with Gasteiger partial charge in [0.05, 0.1) is 7.11 Å². The molecule has 0 aliphatic carbocycles. The third-order valence-electron chi connectivity index (χ3n) is 2.98. The zero-order chi connectivity index (χ0) is 15.5. The Morgan fingerprint density at radius 2 is 2.00 bits per heavy atom. The number of hydrogen-bond acceptors (Lipinski definition) is 2. The number of ether oxygens (including phenoxy) is 1. The van der Waals surface area contributed by atoms with Crippen LogP contribution in [0.5, 0.6) is 5.75 Å². The van der Waals surface area contributed by atoms with Gasteiger partial charge in [-0.1, -0.05) is 36.7 Å². The van der Waals surface area contributed by atoms with E-state index in [-0.39, 0.29) is 5.57 Å². The molecule has 0 spiro atoms. The van der Waals surface area contributed by atoms with E-state index < -0.39 is 5.97 Å². The summed E-state index contributed by atoms with van der Waals surface area (Å²) in [7, 11) is 1.59. The van der Waals surface area contributed by atoms with Crippen molar-refractivity contribution < 1.29 is 14.6 Å². The van der Waals surface area contributed by atoms with E-state index in [4.69, 9.17) is 9.84 Å². The van der Waals surface area contributed by atoms with Crippen molar-refractivity contribution in [2.45, 2.75) is 32.6 Å². The molecule has 4 heteroatoms. The Hall–Kier alpha value is -2.28. The number of methoxy groups -OCH3 is 1. The molecule has 112 valence electrons. The lowest BCUT2D eigenvalue weighted by Gasteiger charge is -1.98. The number of nitrogens with zero attached hydrogens (tertiary/aromatic N) is 1. The van der Waals surface area contributed by atoms with Crippen molar-refractivity contribution >= 4 is 12.0 Å². The van der Waals surface area contributed by atoms with Gasteiger partial charge in [-0.15, -0.1) is 0 Å². The largest absolute Gasteiger partial charge is 0.497 e. The fourth-order valence-electron chi connectivity index (χ4n) is 1.77. The van der Waals surface area contributed by atoms with Crippen molar-refractivity contribution in [1.29, 1.82) is 0 Å². The quantitative estimate of drug-likeness (QED) is 0.467. The van der Waals surface area contributed by atoms with E-state index in [9.17, 15) is 4.79 Å². The van der Waals surface area contributed by atoms with Crippen molar-refractivity contribution in [2.24, 2.45) is 0 Å². The average molecular weight is 288 g/mol. The molecule has 0 aliphatic rings. The molecule has 1 aromatic rings. The van der Waals surface area contributed by atoms with Gasteiger partial charge in [-0.25, -0.2) is 4.79 Å². The van der Waals surface area contributed by atoms with Crippen molar-refractivity contribution in [1.82, 2.24) is 0 Å². The highest BCUT2D eigenvalue weighted by Crippen LogP contribution is 2.14. The van der Waals surface area contributed by atoms with Crippen LogP contribution in [0.4, 0.5) is 0 Å². The Balaban J connectivity index is 2.69. The van der Waals surface area contributed by atoms with E-state index in [2.05, 4.69) is 17.8 Å². The van der Waals surface area contributed by atoms with E-state index in [1.165, 1.54) is 12.8 Å². The zero-order valence-electron chi connectivity index (χ0n) is 12.6. The highest BCUT2D eigenvalue weighted by molar-refractivity contribution is 5.96. The summed E-state index contributed by atoms with van der Waals surface area (Å²) >= 11 is 0. The molecular weight excluding hydrogens is 266 g/mol. The predicted octanol–water partition coefficient (Wildman–Crippen LogP) is 4.08. The summed E-state index contributed by atoms with van der Waals surface area (Å²) in [5.74, 6) is -0.291. The van der Waals surface area contributed by atoms with E-state index >= 15 is 0 Å². The van der Waals surface area contributed by atoms with Crippen LogP contribution in [-0.2, 0) is 4.79 Å². The van der Waals surface area contributed by atoms with E-state index in [0.717, 1.165) is 24.2 Å². The Morgan fingerprint density at radius 1 is 1.29 bits per heavy atom. The maximum atomic E-state index is 11.2. The number of aliphatic carboxylic acids is 1. The highest BCUT2D eigenvalue weighted by atomic mass is 16.5. The molecule has 0 aromatic heterocycles. The van der Waals surface area contributed by atoms with Crippen LogP contribution in [0.3, 0.4) is 0 Å². The lowest BCUT2D eigenvalue weighted by Crippen LogP contribution is -1.97. The van der Waals surface area contributed by atoms with Crippen LogP contribution >= 0.6 is 0 Å². The summed E-state index contributed by atoms with van der Waals surface area (Å²) < 4.78 is 5.06. The van der Waals surface area contributed by atoms with E-state index in [1.807, 2.05) is 0 Å². The molecule has 0 saturated heterocycles. The molecule has 1 aromatic carbocycles. The van der Waals surface area contributed by atoms with Gasteiger partial charge in [0.25, 0.3) is 6.54 Å². The second-order valence-electron chi connectivity index (χ2n) is 4.69. The first-order valence-electron chi connectivity index (χ1n) is 7.19. The van der Waals surface area contributed by atoms with Gasteiger partial charge in [0.15, 0.2) is 5.57 Å². The Kier molecular flexibility index (Phi) is 7.67. The number of unbranched alkanes of at least 4 members (excludes halogenated alkanes) is 3. The number of carboxylic acid groups (broad SMARTS) is 1. The maximum Gasteiger partial charge on any atom is 0.350 e. The Labute approximate surface area is 125 Å². The maximum absolute atomic E-state index is 11.2. The minimum atomic E-state index is -1.02.